The molecule has 4 nitrogen and oxygen atoms in total. The Morgan fingerprint density at radius 1 is 1.38 bits per heavy atom. The monoisotopic (exact) mass is 363 g/mol. The van der Waals surface area contributed by atoms with Crippen molar-refractivity contribution in [2.75, 3.05) is 12.8 Å². The minimum absolute atomic E-state index is 0.0366. The number of fused-ring (bicyclic) bond motifs is 5. The zero-order valence-corrected chi connectivity index (χ0v) is 15.2. The molecule has 0 radical (unpaired) electrons. The van der Waals surface area contributed by atoms with E-state index < -0.39 is 0 Å². The average Bonchev–Trinajstić information content (AvgIpc) is 2.89. The maximum Gasteiger partial charge on any atom is 0.319 e. The SMILES string of the molecule is CN1C2CC(OC(=O)C(C3=CCCS3)c3cccs3)CC1C1OC12. The molecule has 3 saturated heterocycles. The Hall–Kier alpha value is -0.820. The number of rotatable bonds is 4. The first-order chi connectivity index (χ1) is 11.7. The van der Waals surface area contributed by atoms with Crippen LogP contribution in [0.3, 0.4) is 0 Å². The number of allylic oxidation sites excluding steroid dienone is 1. The van der Waals surface area contributed by atoms with E-state index in [1.54, 1.807) is 23.1 Å². The van der Waals surface area contributed by atoms with Gasteiger partial charge in [-0.1, -0.05) is 12.1 Å². The van der Waals surface area contributed by atoms with Crippen molar-refractivity contribution in [1.29, 1.82) is 0 Å². The molecule has 1 aromatic heterocycles. The number of epoxide rings is 1. The Morgan fingerprint density at radius 2 is 2.17 bits per heavy atom. The van der Waals surface area contributed by atoms with Crippen molar-refractivity contribution in [3.8, 4) is 0 Å². The average molecular weight is 364 g/mol. The van der Waals surface area contributed by atoms with Crippen LogP contribution in [0.25, 0.3) is 0 Å². The molecule has 0 saturated carbocycles. The van der Waals surface area contributed by atoms with Crippen LogP contribution in [0, 0.1) is 0 Å². The first kappa shape index (κ1) is 15.4. The van der Waals surface area contributed by atoms with E-state index in [0.717, 1.165) is 29.9 Å². The number of likely N-dealkylation sites (N-methyl/N-ethyl adjacent to an activating group) is 1. The minimum Gasteiger partial charge on any atom is -0.462 e. The Bertz CT molecular complexity index is 656. The largest absolute Gasteiger partial charge is 0.462 e. The van der Waals surface area contributed by atoms with Gasteiger partial charge in [0.15, 0.2) is 0 Å². The van der Waals surface area contributed by atoms with Crippen molar-refractivity contribution in [2.45, 2.75) is 55.6 Å². The molecule has 5 unspecified atom stereocenters. The summed E-state index contributed by atoms with van der Waals surface area (Å²) < 4.78 is 11.8. The maximum atomic E-state index is 13.0. The topological polar surface area (TPSA) is 42.1 Å². The summed E-state index contributed by atoms with van der Waals surface area (Å²) in [4.78, 5) is 17.7. The summed E-state index contributed by atoms with van der Waals surface area (Å²) in [5.74, 6) is 0.783. The number of hydrogen-bond acceptors (Lipinski definition) is 6. The highest BCUT2D eigenvalue weighted by molar-refractivity contribution is 8.03. The number of esters is 1. The van der Waals surface area contributed by atoms with Crippen LogP contribution < -0.4 is 0 Å². The van der Waals surface area contributed by atoms with Crippen LogP contribution in [0.5, 0.6) is 0 Å². The molecule has 2 bridgehead atoms. The molecule has 0 N–H and O–H groups in total. The van der Waals surface area contributed by atoms with Crippen LogP contribution >= 0.6 is 23.1 Å². The number of carbonyl (C=O) groups excluding carboxylic acids is 1. The fourth-order valence-electron chi connectivity index (χ4n) is 4.50. The highest BCUT2D eigenvalue weighted by Crippen LogP contribution is 2.48. The summed E-state index contributed by atoms with van der Waals surface area (Å²) >= 11 is 3.45. The molecule has 5 heterocycles. The lowest BCUT2D eigenvalue weighted by molar-refractivity contribution is -0.154. The zero-order chi connectivity index (χ0) is 16.3. The van der Waals surface area contributed by atoms with Crippen LogP contribution in [0.2, 0.25) is 0 Å². The van der Waals surface area contributed by atoms with Crippen molar-refractivity contribution >= 4 is 29.1 Å². The van der Waals surface area contributed by atoms with Crippen molar-refractivity contribution in [1.82, 2.24) is 4.90 Å². The second kappa shape index (κ2) is 5.87. The van der Waals surface area contributed by atoms with Crippen molar-refractivity contribution in [3.05, 3.63) is 33.4 Å². The number of thiophene rings is 1. The van der Waals surface area contributed by atoms with Gasteiger partial charge in [-0.15, -0.1) is 23.1 Å². The quantitative estimate of drug-likeness (QED) is 0.608. The lowest BCUT2D eigenvalue weighted by Crippen LogP contribution is -2.48. The van der Waals surface area contributed by atoms with E-state index in [0.29, 0.717) is 24.3 Å². The fraction of sp³-hybridized carbons (Fsp3) is 0.611. The number of piperidine rings is 1. The highest BCUT2D eigenvalue weighted by Gasteiger charge is 2.62. The van der Waals surface area contributed by atoms with Gasteiger partial charge in [0.1, 0.15) is 24.2 Å². The van der Waals surface area contributed by atoms with E-state index >= 15 is 0 Å². The number of hydrogen-bond donors (Lipinski definition) is 0. The van der Waals surface area contributed by atoms with E-state index in [-0.39, 0.29) is 18.0 Å². The van der Waals surface area contributed by atoms with E-state index in [4.69, 9.17) is 9.47 Å². The third-order valence-corrected chi connectivity index (χ3v) is 7.85. The Morgan fingerprint density at radius 3 is 2.79 bits per heavy atom. The van der Waals surface area contributed by atoms with Crippen molar-refractivity contribution in [2.24, 2.45) is 0 Å². The molecule has 0 aliphatic carbocycles. The molecule has 0 spiro atoms. The standard InChI is InChI=1S/C18H21NO3S2/c1-19-11-8-10(9-12(19)17-16(11)22-17)21-18(20)15(13-4-2-6-23-13)14-5-3-7-24-14/h2,4-6,10-12,15-17H,3,7-9H2,1H3. The smallest absolute Gasteiger partial charge is 0.319 e. The van der Waals surface area contributed by atoms with Crippen LogP contribution in [-0.2, 0) is 14.3 Å². The van der Waals surface area contributed by atoms with Crippen LogP contribution in [0.15, 0.2) is 28.5 Å². The third-order valence-electron chi connectivity index (χ3n) is 5.74. The lowest BCUT2D eigenvalue weighted by Gasteiger charge is -2.38. The lowest BCUT2D eigenvalue weighted by atomic mass is 9.99. The van der Waals surface area contributed by atoms with E-state index in [1.807, 2.05) is 11.4 Å². The van der Waals surface area contributed by atoms with Crippen LogP contribution in [0.1, 0.15) is 30.1 Å². The molecule has 1 aromatic rings. The molecule has 24 heavy (non-hydrogen) atoms. The summed E-state index contributed by atoms with van der Waals surface area (Å²) in [6.45, 7) is 0. The molecule has 5 atom stereocenters. The number of thioether (sulfide) groups is 1. The van der Waals surface area contributed by atoms with E-state index in [1.165, 1.54) is 4.91 Å². The molecular formula is C18H21NO3S2. The molecule has 4 aliphatic rings. The van der Waals surface area contributed by atoms with Gasteiger partial charge in [0.05, 0.1) is 0 Å². The Labute approximate surface area is 150 Å². The van der Waals surface area contributed by atoms with Gasteiger partial charge in [-0.05, 0) is 24.9 Å². The molecule has 3 fully saturated rings. The summed E-state index contributed by atoms with van der Waals surface area (Å²) in [6, 6.07) is 4.91. The molecule has 4 aliphatic heterocycles. The van der Waals surface area contributed by atoms with Crippen molar-refractivity contribution in [3.63, 3.8) is 0 Å². The molecule has 0 aromatic carbocycles. The summed E-state index contributed by atoms with van der Waals surface area (Å²) in [5.41, 5.74) is 0. The molecule has 0 amide bonds. The maximum absolute atomic E-state index is 13.0. The summed E-state index contributed by atoms with van der Waals surface area (Å²) in [5, 5.41) is 2.04. The van der Waals surface area contributed by atoms with Gasteiger partial charge in [0.2, 0.25) is 0 Å². The molecule has 6 heteroatoms. The normalized spacial score (nSPS) is 38.5. The van der Waals surface area contributed by atoms with Crippen molar-refractivity contribution < 1.29 is 14.3 Å². The van der Waals surface area contributed by atoms with Crippen LogP contribution in [0.4, 0.5) is 0 Å². The van der Waals surface area contributed by atoms with Gasteiger partial charge in [0, 0.05) is 40.5 Å². The minimum atomic E-state index is -0.222. The third kappa shape index (κ3) is 2.46. The number of morpholine rings is 1. The second-order valence-electron chi connectivity index (χ2n) is 7.09. The van der Waals surface area contributed by atoms with Gasteiger partial charge in [-0.3, -0.25) is 9.69 Å². The van der Waals surface area contributed by atoms with Gasteiger partial charge in [0.25, 0.3) is 0 Å². The van der Waals surface area contributed by atoms with Gasteiger partial charge < -0.3 is 9.47 Å². The molecule has 128 valence electrons. The predicted molar refractivity (Wildman–Crippen MR) is 95.3 cm³/mol. The number of carbonyl (C=O) groups is 1. The van der Waals surface area contributed by atoms with E-state index in [9.17, 15) is 4.79 Å². The highest BCUT2D eigenvalue weighted by atomic mass is 32.2. The predicted octanol–water partition coefficient (Wildman–Crippen LogP) is 3.01. The Balaban J connectivity index is 1.32. The van der Waals surface area contributed by atoms with Gasteiger partial charge in [-0.2, -0.15) is 0 Å². The van der Waals surface area contributed by atoms with Gasteiger partial charge >= 0.3 is 5.97 Å². The fourth-order valence-corrected chi connectivity index (χ4v) is 6.50. The zero-order valence-electron chi connectivity index (χ0n) is 13.6. The summed E-state index contributed by atoms with van der Waals surface area (Å²) in [7, 11) is 2.18. The first-order valence-electron chi connectivity index (χ1n) is 8.66. The summed E-state index contributed by atoms with van der Waals surface area (Å²) in [6.07, 6.45) is 5.86. The molecular weight excluding hydrogens is 342 g/mol. The van der Waals surface area contributed by atoms with Gasteiger partial charge in [-0.25, -0.2) is 0 Å². The Kier molecular flexibility index (Phi) is 3.77. The van der Waals surface area contributed by atoms with Crippen LogP contribution in [-0.4, -0.2) is 54.1 Å². The number of nitrogens with zero attached hydrogens (tertiary/aromatic N) is 1. The van der Waals surface area contributed by atoms with E-state index in [2.05, 4.69) is 24.1 Å². The second-order valence-corrected chi connectivity index (χ2v) is 9.24. The first-order valence-corrected chi connectivity index (χ1v) is 10.5. The number of ether oxygens (including phenoxy) is 2. The molecule has 5 rings (SSSR count).